The van der Waals surface area contributed by atoms with Crippen molar-refractivity contribution in [3.63, 3.8) is 0 Å². The van der Waals surface area contributed by atoms with Crippen molar-refractivity contribution in [3.05, 3.63) is 0 Å². The van der Waals surface area contributed by atoms with Gasteiger partial charge in [-0.1, -0.05) is 0 Å². The number of rotatable bonds is 3. The molecule has 1 N–H and O–H groups in total. The maximum atomic E-state index is 9.00. The van der Waals surface area contributed by atoms with Crippen LogP contribution in [-0.4, -0.2) is 42.7 Å². The van der Waals surface area contributed by atoms with E-state index in [1.807, 2.05) is 0 Å². The van der Waals surface area contributed by atoms with Gasteiger partial charge in [0.2, 0.25) is 0 Å². The Morgan fingerprint density at radius 2 is 2.09 bits per heavy atom. The van der Waals surface area contributed by atoms with E-state index in [1.165, 1.54) is 0 Å². The van der Waals surface area contributed by atoms with E-state index in [2.05, 4.69) is 6.26 Å². The quantitative estimate of drug-likeness (QED) is 0.682. The minimum atomic E-state index is -0.430. The summed E-state index contributed by atoms with van der Waals surface area (Å²) in [5.41, 5.74) is 0. The average molecular weight is 178 g/mol. The number of hydrogen-bond acceptors (Lipinski definition) is 4. The lowest BCUT2D eigenvalue weighted by Crippen LogP contribution is -2.35. The van der Waals surface area contributed by atoms with E-state index in [0.717, 1.165) is 12.2 Å². The van der Waals surface area contributed by atoms with E-state index in [4.69, 9.17) is 14.6 Å². The second-order valence-corrected chi connectivity index (χ2v) is 3.52. The first kappa shape index (κ1) is 9.32. The summed E-state index contributed by atoms with van der Waals surface area (Å²) in [6, 6.07) is 0. The summed E-state index contributed by atoms with van der Waals surface area (Å²) in [5, 5.41) is 9.00. The van der Waals surface area contributed by atoms with Gasteiger partial charge in [0.25, 0.3) is 0 Å². The van der Waals surface area contributed by atoms with E-state index in [9.17, 15) is 0 Å². The minimum Gasteiger partial charge on any atom is -0.388 e. The molecule has 0 bridgehead atoms. The van der Waals surface area contributed by atoms with E-state index >= 15 is 0 Å². The Balaban J connectivity index is 2.07. The Morgan fingerprint density at radius 3 is 2.64 bits per heavy atom. The molecule has 11 heavy (non-hydrogen) atoms. The first-order valence-electron chi connectivity index (χ1n) is 3.73. The van der Waals surface area contributed by atoms with Crippen molar-refractivity contribution >= 4 is 11.8 Å². The second kappa shape index (κ2) is 4.98. The van der Waals surface area contributed by atoms with Crippen LogP contribution in [-0.2, 0) is 9.47 Å². The largest absolute Gasteiger partial charge is 0.388 e. The van der Waals surface area contributed by atoms with Crippen LogP contribution in [0, 0.1) is 0 Å². The van der Waals surface area contributed by atoms with Gasteiger partial charge >= 0.3 is 0 Å². The van der Waals surface area contributed by atoms with Crippen molar-refractivity contribution < 1.29 is 14.6 Å². The molecule has 1 rings (SSSR count). The number of ether oxygens (including phenoxy) is 2. The number of thioether (sulfide) groups is 1. The highest BCUT2D eigenvalue weighted by molar-refractivity contribution is 7.98. The Labute approximate surface area is 71.1 Å². The molecule has 1 fully saturated rings. The first-order chi connectivity index (χ1) is 5.33. The van der Waals surface area contributed by atoms with Crippen LogP contribution in [0.15, 0.2) is 0 Å². The number of aliphatic hydroxyl groups excluding tert-OH is 1. The zero-order chi connectivity index (χ0) is 8.10. The van der Waals surface area contributed by atoms with Gasteiger partial charge in [0.15, 0.2) is 6.29 Å². The van der Waals surface area contributed by atoms with E-state index in [1.54, 1.807) is 11.8 Å². The van der Waals surface area contributed by atoms with E-state index in [0.29, 0.717) is 13.2 Å². The van der Waals surface area contributed by atoms with Crippen LogP contribution in [0.3, 0.4) is 0 Å². The van der Waals surface area contributed by atoms with Crippen molar-refractivity contribution in [1.82, 2.24) is 0 Å². The van der Waals surface area contributed by atoms with Gasteiger partial charge in [0, 0.05) is 6.42 Å². The molecule has 0 saturated carbocycles. The van der Waals surface area contributed by atoms with Crippen LogP contribution >= 0.6 is 11.8 Å². The molecule has 0 aromatic heterocycles. The fraction of sp³-hybridized carbons (Fsp3) is 1.00. The first-order valence-corrected chi connectivity index (χ1v) is 5.12. The summed E-state index contributed by atoms with van der Waals surface area (Å²) in [4.78, 5) is 0. The highest BCUT2D eigenvalue weighted by atomic mass is 32.2. The van der Waals surface area contributed by atoms with Crippen LogP contribution in [0.4, 0.5) is 0 Å². The monoisotopic (exact) mass is 178 g/mol. The summed E-state index contributed by atoms with van der Waals surface area (Å²) in [6.45, 7) is 0.831. The summed E-state index contributed by atoms with van der Waals surface area (Å²) < 4.78 is 10.4. The highest BCUT2D eigenvalue weighted by Gasteiger charge is 2.19. The van der Waals surface area contributed by atoms with Crippen LogP contribution in [0.5, 0.6) is 0 Å². The van der Waals surface area contributed by atoms with Crippen molar-refractivity contribution in [3.8, 4) is 0 Å². The molecule has 66 valence electrons. The molecule has 3 nitrogen and oxygen atoms in total. The lowest BCUT2D eigenvalue weighted by molar-refractivity contribution is -0.216. The van der Waals surface area contributed by atoms with Crippen molar-refractivity contribution in [1.29, 1.82) is 0 Å². The Morgan fingerprint density at radius 1 is 1.45 bits per heavy atom. The van der Waals surface area contributed by atoms with Crippen LogP contribution < -0.4 is 0 Å². The molecule has 0 unspecified atom stereocenters. The third kappa shape index (κ3) is 3.42. The molecule has 1 heterocycles. The van der Waals surface area contributed by atoms with Crippen LogP contribution in [0.1, 0.15) is 6.42 Å². The fourth-order valence-electron chi connectivity index (χ4n) is 0.914. The molecule has 0 amide bonds. The van der Waals surface area contributed by atoms with Crippen LogP contribution in [0.25, 0.3) is 0 Å². The van der Waals surface area contributed by atoms with Gasteiger partial charge in [-0.25, -0.2) is 0 Å². The topological polar surface area (TPSA) is 38.7 Å². The number of hydrogen-bond donors (Lipinski definition) is 1. The van der Waals surface area contributed by atoms with Gasteiger partial charge in [-0.15, -0.1) is 0 Å². The second-order valence-electron chi connectivity index (χ2n) is 2.53. The third-order valence-corrected chi connectivity index (χ3v) is 2.15. The molecule has 0 aliphatic carbocycles. The van der Waals surface area contributed by atoms with Gasteiger partial charge in [0.05, 0.1) is 13.2 Å². The highest BCUT2D eigenvalue weighted by Crippen LogP contribution is 2.11. The zero-order valence-electron chi connectivity index (χ0n) is 6.66. The fourth-order valence-corrected chi connectivity index (χ4v) is 1.34. The lowest BCUT2D eigenvalue weighted by Gasteiger charge is -2.26. The lowest BCUT2D eigenvalue weighted by atomic mass is 10.3. The van der Waals surface area contributed by atoms with Gasteiger partial charge in [-0.3, -0.25) is 0 Å². The Kier molecular flexibility index (Phi) is 4.22. The van der Waals surface area contributed by atoms with Gasteiger partial charge < -0.3 is 14.6 Å². The molecule has 1 aliphatic rings. The van der Waals surface area contributed by atoms with Crippen molar-refractivity contribution in [2.75, 3.05) is 25.2 Å². The maximum Gasteiger partial charge on any atom is 0.158 e. The minimum absolute atomic E-state index is 0.0918. The SMILES string of the molecule is CSCCC1OCC(O)CO1. The van der Waals surface area contributed by atoms with Gasteiger partial charge in [-0.2, -0.15) is 11.8 Å². The Bertz CT molecular complexity index is 99.1. The third-order valence-electron chi connectivity index (χ3n) is 1.51. The van der Waals surface area contributed by atoms with Crippen molar-refractivity contribution in [2.24, 2.45) is 0 Å². The molecule has 4 heteroatoms. The predicted octanol–water partition coefficient (Wildman–Crippen LogP) is 0.473. The molecular weight excluding hydrogens is 164 g/mol. The predicted molar refractivity (Wildman–Crippen MR) is 44.7 cm³/mol. The molecule has 0 aromatic rings. The maximum absolute atomic E-state index is 9.00. The summed E-state index contributed by atoms with van der Waals surface area (Å²) >= 11 is 1.77. The smallest absolute Gasteiger partial charge is 0.158 e. The van der Waals surface area contributed by atoms with E-state index < -0.39 is 6.10 Å². The van der Waals surface area contributed by atoms with E-state index in [-0.39, 0.29) is 6.29 Å². The summed E-state index contributed by atoms with van der Waals surface area (Å²) in [6.07, 6.45) is 2.44. The van der Waals surface area contributed by atoms with Crippen LogP contribution in [0.2, 0.25) is 0 Å². The standard InChI is InChI=1S/C7H14O3S/c1-11-3-2-7-9-4-6(8)5-10-7/h6-8H,2-5H2,1H3. The number of aliphatic hydroxyl groups is 1. The van der Waals surface area contributed by atoms with Crippen molar-refractivity contribution in [2.45, 2.75) is 18.8 Å². The zero-order valence-corrected chi connectivity index (χ0v) is 7.47. The molecule has 0 aromatic carbocycles. The molecule has 1 aliphatic heterocycles. The summed E-state index contributed by atoms with van der Waals surface area (Å²) in [5.74, 6) is 1.04. The summed E-state index contributed by atoms with van der Waals surface area (Å²) in [7, 11) is 0. The molecule has 1 saturated heterocycles. The molecular formula is C7H14O3S. The van der Waals surface area contributed by atoms with Gasteiger partial charge in [-0.05, 0) is 12.0 Å². The Hall–Kier alpha value is 0.230. The molecule has 0 atom stereocenters. The average Bonchev–Trinajstić information content (AvgIpc) is 2.04. The normalized spacial score (nSPS) is 32.2. The molecule has 0 radical (unpaired) electrons. The molecule has 0 spiro atoms. The van der Waals surface area contributed by atoms with Gasteiger partial charge in [0.1, 0.15) is 6.10 Å².